The lowest BCUT2D eigenvalue weighted by molar-refractivity contribution is -0.188. The molecule has 1 aromatic rings. The molecular formula is C18H26N2O4. The first kappa shape index (κ1) is 16.1. The topological polar surface area (TPSA) is 55.2 Å². The largest absolute Gasteiger partial charge is 0.459 e. The van der Waals surface area contributed by atoms with Crippen LogP contribution in [-0.4, -0.2) is 66.9 Å². The maximum Gasteiger partial charge on any atom is 0.289 e. The van der Waals surface area contributed by atoms with Crippen molar-refractivity contribution >= 4 is 5.91 Å². The van der Waals surface area contributed by atoms with Crippen LogP contribution in [0, 0.1) is 0 Å². The Morgan fingerprint density at radius 3 is 2.67 bits per heavy atom. The van der Waals surface area contributed by atoms with Crippen LogP contribution >= 0.6 is 0 Å². The minimum atomic E-state index is -0.292. The van der Waals surface area contributed by atoms with Crippen molar-refractivity contribution in [3.05, 3.63) is 24.2 Å². The van der Waals surface area contributed by atoms with Crippen LogP contribution in [0.25, 0.3) is 0 Å². The molecule has 1 saturated carbocycles. The van der Waals surface area contributed by atoms with Crippen LogP contribution in [0.2, 0.25) is 0 Å². The zero-order valence-corrected chi connectivity index (χ0v) is 14.1. The van der Waals surface area contributed by atoms with Gasteiger partial charge in [0.1, 0.15) is 0 Å². The fourth-order valence-electron chi connectivity index (χ4n) is 4.04. The van der Waals surface area contributed by atoms with Crippen molar-refractivity contribution in [3.63, 3.8) is 0 Å². The molecule has 2 aliphatic heterocycles. The molecule has 24 heavy (non-hydrogen) atoms. The molecule has 1 unspecified atom stereocenters. The fourth-order valence-corrected chi connectivity index (χ4v) is 4.04. The molecule has 1 spiro atoms. The third kappa shape index (κ3) is 3.36. The molecule has 1 atom stereocenters. The zero-order valence-electron chi connectivity index (χ0n) is 14.1. The summed E-state index contributed by atoms with van der Waals surface area (Å²) < 4.78 is 17.5. The number of rotatable bonds is 3. The van der Waals surface area contributed by atoms with Crippen LogP contribution in [0.4, 0.5) is 0 Å². The van der Waals surface area contributed by atoms with Crippen LogP contribution in [0.5, 0.6) is 0 Å². The van der Waals surface area contributed by atoms with Crippen molar-refractivity contribution in [1.29, 1.82) is 0 Å². The summed E-state index contributed by atoms with van der Waals surface area (Å²) in [6.45, 7) is 4.81. The first-order valence-corrected chi connectivity index (χ1v) is 9.11. The van der Waals surface area contributed by atoms with E-state index in [2.05, 4.69) is 4.90 Å². The van der Waals surface area contributed by atoms with Crippen LogP contribution in [0.3, 0.4) is 0 Å². The lowest BCUT2D eigenvalue weighted by Gasteiger charge is -2.36. The Bertz CT molecular complexity index is 545. The predicted octanol–water partition coefficient (Wildman–Crippen LogP) is 2.11. The van der Waals surface area contributed by atoms with Crippen LogP contribution < -0.4 is 0 Å². The first-order chi connectivity index (χ1) is 11.7. The van der Waals surface area contributed by atoms with Gasteiger partial charge in [-0.25, -0.2) is 0 Å². The lowest BCUT2D eigenvalue weighted by Crippen LogP contribution is -2.50. The average Bonchev–Trinajstić information content (AvgIpc) is 3.27. The Morgan fingerprint density at radius 2 is 1.96 bits per heavy atom. The maximum atomic E-state index is 12.3. The number of nitrogens with zero attached hydrogens (tertiary/aromatic N) is 2. The number of hydrogen-bond donors (Lipinski definition) is 0. The van der Waals surface area contributed by atoms with E-state index in [0.29, 0.717) is 12.4 Å². The van der Waals surface area contributed by atoms with Gasteiger partial charge in [-0.3, -0.25) is 9.69 Å². The number of hydrogen-bond acceptors (Lipinski definition) is 5. The normalized spacial score (nSPS) is 27.7. The smallest absolute Gasteiger partial charge is 0.289 e. The van der Waals surface area contributed by atoms with Crippen LogP contribution in [-0.2, 0) is 9.47 Å². The molecule has 1 aromatic heterocycles. The Hall–Kier alpha value is -1.37. The van der Waals surface area contributed by atoms with Gasteiger partial charge in [-0.2, -0.15) is 0 Å². The van der Waals surface area contributed by atoms with E-state index < -0.39 is 0 Å². The number of carbonyl (C=O) groups is 1. The summed E-state index contributed by atoms with van der Waals surface area (Å²) in [4.78, 5) is 16.5. The third-order valence-electron chi connectivity index (χ3n) is 5.38. The number of furan rings is 1. The van der Waals surface area contributed by atoms with E-state index in [1.165, 1.54) is 19.3 Å². The summed E-state index contributed by atoms with van der Waals surface area (Å²) in [5, 5.41) is 0. The van der Waals surface area contributed by atoms with Gasteiger partial charge < -0.3 is 18.8 Å². The highest BCUT2D eigenvalue weighted by molar-refractivity contribution is 5.91. The third-order valence-corrected chi connectivity index (χ3v) is 5.38. The van der Waals surface area contributed by atoms with Gasteiger partial charge >= 0.3 is 0 Å². The second-order valence-electron chi connectivity index (χ2n) is 7.09. The molecule has 0 N–H and O–H groups in total. The molecule has 3 heterocycles. The molecule has 1 aliphatic carbocycles. The highest BCUT2D eigenvalue weighted by atomic mass is 16.7. The summed E-state index contributed by atoms with van der Waals surface area (Å²) in [7, 11) is 0. The SMILES string of the molecule is O=C(c1ccco1)N1CCN(CC2COC3(CCCCC3)O2)CC1. The summed E-state index contributed by atoms with van der Waals surface area (Å²) >= 11 is 0. The van der Waals surface area contributed by atoms with Gasteiger partial charge in [-0.05, 0) is 25.0 Å². The molecule has 3 aliphatic rings. The second-order valence-corrected chi connectivity index (χ2v) is 7.09. The van der Waals surface area contributed by atoms with E-state index in [4.69, 9.17) is 13.9 Å². The van der Waals surface area contributed by atoms with Gasteiger partial charge in [-0.1, -0.05) is 6.42 Å². The van der Waals surface area contributed by atoms with E-state index >= 15 is 0 Å². The molecule has 6 nitrogen and oxygen atoms in total. The molecule has 0 aromatic carbocycles. The molecule has 0 radical (unpaired) electrons. The molecular weight excluding hydrogens is 308 g/mol. The predicted molar refractivity (Wildman–Crippen MR) is 87.7 cm³/mol. The number of ether oxygens (including phenoxy) is 2. The molecule has 3 fully saturated rings. The standard InChI is InChI=1S/C18H26N2O4/c21-17(16-5-4-12-22-16)20-10-8-19(9-11-20)13-15-14-23-18(24-15)6-2-1-3-7-18/h4-5,12,15H,1-3,6-11,13-14H2. The fraction of sp³-hybridized carbons (Fsp3) is 0.722. The Balaban J connectivity index is 1.24. The van der Waals surface area contributed by atoms with Crippen molar-refractivity contribution in [3.8, 4) is 0 Å². The van der Waals surface area contributed by atoms with E-state index in [9.17, 15) is 4.79 Å². The summed E-state index contributed by atoms with van der Waals surface area (Å²) in [5.74, 6) is 0.122. The van der Waals surface area contributed by atoms with Crippen molar-refractivity contribution in [1.82, 2.24) is 9.80 Å². The van der Waals surface area contributed by atoms with E-state index in [1.54, 1.807) is 18.4 Å². The van der Waals surface area contributed by atoms with Crippen molar-refractivity contribution in [2.75, 3.05) is 39.3 Å². The van der Waals surface area contributed by atoms with E-state index in [0.717, 1.165) is 45.6 Å². The van der Waals surface area contributed by atoms with Gasteiger partial charge in [0.05, 0.1) is 19.0 Å². The Kier molecular flexibility index (Phi) is 4.61. The quantitative estimate of drug-likeness (QED) is 0.847. The van der Waals surface area contributed by atoms with Gasteiger partial charge in [0.2, 0.25) is 0 Å². The van der Waals surface area contributed by atoms with Gasteiger partial charge in [0.25, 0.3) is 5.91 Å². The zero-order chi connectivity index (χ0) is 16.4. The molecule has 0 bridgehead atoms. The maximum absolute atomic E-state index is 12.3. The minimum Gasteiger partial charge on any atom is -0.459 e. The van der Waals surface area contributed by atoms with Crippen molar-refractivity contribution < 1.29 is 18.7 Å². The monoisotopic (exact) mass is 334 g/mol. The number of amides is 1. The van der Waals surface area contributed by atoms with Gasteiger partial charge in [-0.15, -0.1) is 0 Å². The number of piperazine rings is 1. The van der Waals surface area contributed by atoms with Gasteiger partial charge in [0, 0.05) is 45.6 Å². The van der Waals surface area contributed by atoms with Gasteiger partial charge in [0.15, 0.2) is 11.5 Å². The second kappa shape index (κ2) is 6.86. The molecule has 2 saturated heterocycles. The van der Waals surface area contributed by atoms with Crippen LogP contribution in [0.1, 0.15) is 42.7 Å². The van der Waals surface area contributed by atoms with Crippen molar-refractivity contribution in [2.24, 2.45) is 0 Å². The molecule has 6 heteroatoms. The molecule has 4 rings (SSSR count). The van der Waals surface area contributed by atoms with E-state index in [-0.39, 0.29) is 17.8 Å². The highest BCUT2D eigenvalue weighted by Gasteiger charge is 2.42. The van der Waals surface area contributed by atoms with Crippen LogP contribution in [0.15, 0.2) is 22.8 Å². The average molecular weight is 334 g/mol. The summed E-state index contributed by atoms with van der Waals surface area (Å²) in [6, 6.07) is 3.48. The molecule has 1 amide bonds. The van der Waals surface area contributed by atoms with E-state index in [1.807, 2.05) is 4.90 Å². The Labute approximate surface area is 142 Å². The minimum absolute atomic E-state index is 0.0127. The first-order valence-electron chi connectivity index (χ1n) is 9.11. The highest BCUT2D eigenvalue weighted by Crippen LogP contribution is 2.37. The number of carbonyl (C=O) groups excluding carboxylic acids is 1. The Morgan fingerprint density at radius 1 is 1.17 bits per heavy atom. The summed E-state index contributed by atoms with van der Waals surface area (Å²) in [5.41, 5.74) is 0. The molecule has 132 valence electrons. The summed E-state index contributed by atoms with van der Waals surface area (Å²) in [6.07, 6.45) is 7.49. The lowest BCUT2D eigenvalue weighted by atomic mass is 9.94. The van der Waals surface area contributed by atoms with Crippen molar-refractivity contribution in [2.45, 2.75) is 44.0 Å².